The number of hydrogen-bond donors (Lipinski definition) is 0. The van der Waals surface area contributed by atoms with Gasteiger partial charge in [-0.25, -0.2) is 0 Å². The van der Waals surface area contributed by atoms with Crippen molar-refractivity contribution in [2.24, 2.45) is 0 Å². The lowest BCUT2D eigenvalue weighted by Crippen LogP contribution is -2.30. The molecule has 0 N–H and O–H groups in total. The molecule has 2 rings (SSSR count). The highest BCUT2D eigenvalue weighted by atomic mass is 16.2. The Balaban J connectivity index is 2.52. The molecule has 0 saturated carbocycles. The van der Waals surface area contributed by atoms with Crippen molar-refractivity contribution < 1.29 is 4.79 Å². The number of hydrogen-bond acceptors (Lipinski definition) is 1. The summed E-state index contributed by atoms with van der Waals surface area (Å²) in [6.07, 6.45) is 0. The highest BCUT2D eigenvalue weighted by molar-refractivity contribution is 5.98. The number of carbonyl (C=O) groups excluding carboxylic acids is 1. The molecule has 2 nitrogen and oxygen atoms in total. The first-order valence-corrected chi connectivity index (χ1v) is 7.30. The second kappa shape index (κ2) is 4.99. The summed E-state index contributed by atoms with van der Waals surface area (Å²) in [6.45, 7) is 13.8. The van der Waals surface area contributed by atoms with Crippen LogP contribution in [0.25, 0.3) is 0 Å². The third-order valence-electron chi connectivity index (χ3n) is 4.01. The van der Waals surface area contributed by atoms with Crippen molar-refractivity contribution >= 4 is 5.91 Å². The smallest absolute Gasteiger partial charge is 0.254 e. The largest absolute Gasteiger partial charge is 0.332 e. The van der Waals surface area contributed by atoms with Gasteiger partial charge < -0.3 is 4.90 Å². The first-order valence-electron chi connectivity index (χ1n) is 7.30. The minimum atomic E-state index is 0.196. The van der Waals surface area contributed by atoms with Crippen molar-refractivity contribution in [1.82, 2.24) is 4.90 Å². The van der Waals surface area contributed by atoms with Crippen LogP contribution in [0, 0.1) is 0 Å². The van der Waals surface area contributed by atoms with Crippen LogP contribution in [0.2, 0.25) is 0 Å². The van der Waals surface area contributed by atoms with Crippen molar-refractivity contribution in [3.63, 3.8) is 0 Å². The van der Waals surface area contributed by atoms with Crippen LogP contribution in [0.5, 0.6) is 0 Å². The average Bonchev–Trinajstić information content (AvgIpc) is 2.65. The quantitative estimate of drug-likeness (QED) is 0.792. The summed E-state index contributed by atoms with van der Waals surface area (Å²) in [6, 6.07) is 4.67. The van der Waals surface area contributed by atoms with Gasteiger partial charge in [0.2, 0.25) is 0 Å². The zero-order valence-corrected chi connectivity index (χ0v) is 12.9. The van der Waals surface area contributed by atoms with Crippen molar-refractivity contribution in [3.8, 4) is 0 Å². The van der Waals surface area contributed by atoms with Crippen LogP contribution in [0.4, 0.5) is 0 Å². The minimum absolute atomic E-state index is 0.196. The van der Waals surface area contributed by atoms with Gasteiger partial charge in [-0.1, -0.05) is 33.8 Å². The summed E-state index contributed by atoms with van der Waals surface area (Å²) in [5.74, 6) is 1.16. The lowest BCUT2D eigenvalue weighted by atomic mass is 9.87. The molecule has 0 bridgehead atoms. The molecule has 0 radical (unpaired) electrons. The normalized spacial score (nSPS) is 15.0. The van der Waals surface area contributed by atoms with Gasteiger partial charge in [0.1, 0.15) is 0 Å². The molecule has 0 aromatic heterocycles. The van der Waals surface area contributed by atoms with Crippen LogP contribution in [-0.2, 0) is 6.54 Å². The summed E-state index contributed by atoms with van der Waals surface area (Å²) in [5.41, 5.74) is 4.84. The Bertz CT molecular complexity index is 500. The summed E-state index contributed by atoms with van der Waals surface area (Å²) in [4.78, 5) is 14.4. The van der Waals surface area contributed by atoms with E-state index >= 15 is 0 Å². The van der Waals surface area contributed by atoms with E-state index in [2.05, 4.69) is 53.7 Å². The molecule has 0 aliphatic carbocycles. The van der Waals surface area contributed by atoms with E-state index in [0.717, 1.165) is 12.1 Å². The van der Waals surface area contributed by atoms with E-state index in [1.54, 1.807) is 0 Å². The lowest BCUT2D eigenvalue weighted by molar-refractivity contribution is 0.0730. The molecule has 0 fully saturated rings. The molecule has 19 heavy (non-hydrogen) atoms. The van der Waals surface area contributed by atoms with E-state index < -0.39 is 0 Å². The zero-order chi connectivity index (χ0) is 14.3. The Kier molecular flexibility index (Phi) is 3.71. The topological polar surface area (TPSA) is 20.3 Å². The fourth-order valence-corrected chi connectivity index (χ4v) is 2.84. The van der Waals surface area contributed by atoms with Gasteiger partial charge in [-0.3, -0.25) is 4.79 Å². The number of carbonyl (C=O) groups is 1. The van der Waals surface area contributed by atoms with Gasteiger partial charge in [-0.05, 0) is 48.4 Å². The molecule has 0 saturated heterocycles. The number of fused-ring (bicyclic) bond motifs is 1. The fourth-order valence-electron chi connectivity index (χ4n) is 2.84. The Morgan fingerprint density at radius 1 is 0.947 bits per heavy atom. The van der Waals surface area contributed by atoms with Gasteiger partial charge in [-0.15, -0.1) is 0 Å². The molecule has 1 amide bonds. The van der Waals surface area contributed by atoms with Gasteiger partial charge in [-0.2, -0.15) is 0 Å². The standard InChI is InChI=1S/C17H25NO/c1-10(2)14-7-13-9-18(12(5)6)17(19)16(13)8-15(14)11(3)4/h7-8,10-12H,9H2,1-6H3. The highest BCUT2D eigenvalue weighted by Gasteiger charge is 2.30. The van der Waals surface area contributed by atoms with Crippen LogP contribution in [0.15, 0.2) is 12.1 Å². The van der Waals surface area contributed by atoms with E-state index in [-0.39, 0.29) is 11.9 Å². The predicted octanol–water partition coefficient (Wildman–Crippen LogP) is 4.30. The van der Waals surface area contributed by atoms with Crippen molar-refractivity contribution in [2.45, 2.75) is 66.0 Å². The molecule has 0 spiro atoms. The number of benzene rings is 1. The van der Waals surface area contributed by atoms with E-state index in [9.17, 15) is 4.79 Å². The minimum Gasteiger partial charge on any atom is -0.332 e. The Hall–Kier alpha value is -1.31. The van der Waals surface area contributed by atoms with E-state index in [4.69, 9.17) is 0 Å². The van der Waals surface area contributed by atoms with Crippen LogP contribution in [0.3, 0.4) is 0 Å². The third kappa shape index (κ3) is 2.41. The van der Waals surface area contributed by atoms with Gasteiger partial charge in [0.15, 0.2) is 0 Å². The molecule has 1 aliphatic rings. The van der Waals surface area contributed by atoms with Crippen molar-refractivity contribution in [2.75, 3.05) is 0 Å². The van der Waals surface area contributed by atoms with Gasteiger partial charge in [0.25, 0.3) is 5.91 Å². The molecule has 1 aromatic carbocycles. The number of rotatable bonds is 3. The Labute approximate surface area is 116 Å². The SMILES string of the molecule is CC(C)c1cc2c(cc1C(C)C)C(=O)N(C(C)C)C2. The second-order valence-corrected chi connectivity index (χ2v) is 6.47. The van der Waals surface area contributed by atoms with Gasteiger partial charge in [0.05, 0.1) is 0 Å². The molecule has 0 unspecified atom stereocenters. The lowest BCUT2D eigenvalue weighted by Gasteiger charge is -2.19. The monoisotopic (exact) mass is 259 g/mol. The summed E-state index contributed by atoms with van der Waals surface area (Å²) < 4.78 is 0. The predicted molar refractivity (Wildman–Crippen MR) is 79.6 cm³/mol. The molecule has 1 heterocycles. The molecular weight excluding hydrogens is 234 g/mol. The molecule has 1 aliphatic heterocycles. The maximum atomic E-state index is 12.4. The molecule has 104 valence electrons. The average molecular weight is 259 g/mol. The summed E-state index contributed by atoms with van der Waals surface area (Å²) in [5, 5.41) is 0. The Morgan fingerprint density at radius 3 is 1.95 bits per heavy atom. The summed E-state index contributed by atoms with van der Waals surface area (Å²) >= 11 is 0. The maximum absolute atomic E-state index is 12.4. The van der Waals surface area contributed by atoms with E-state index in [1.807, 2.05) is 4.90 Å². The van der Waals surface area contributed by atoms with E-state index in [0.29, 0.717) is 11.8 Å². The fraction of sp³-hybridized carbons (Fsp3) is 0.588. The first kappa shape index (κ1) is 14.1. The number of nitrogens with zero attached hydrogens (tertiary/aromatic N) is 1. The van der Waals surface area contributed by atoms with Crippen LogP contribution in [-0.4, -0.2) is 16.8 Å². The summed E-state index contributed by atoms with van der Waals surface area (Å²) in [7, 11) is 0. The highest BCUT2D eigenvalue weighted by Crippen LogP contribution is 2.33. The molecule has 2 heteroatoms. The Morgan fingerprint density at radius 2 is 1.47 bits per heavy atom. The first-order chi connectivity index (χ1) is 8.82. The number of amides is 1. The van der Waals surface area contributed by atoms with Crippen molar-refractivity contribution in [1.29, 1.82) is 0 Å². The van der Waals surface area contributed by atoms with Crippen LogP contribution >= 0.6 is 0 Å². The van der Waals surface area contributed by atoms with Crippen molar-refractivity contribution in [3.05, 3.63) is 34.4 Å². The third-order valence-corrected chi connectivity index (χ3v) is 4.01. The van der Waals surface area contributed by atoms with Crippen LogP contribution < -0.4 is 0 Å². The second-order valence-electron chi connectivity index (χ2n) is 6.47. The van der Waals surface area contributed by atoms with Crippen LogP contribution in [0.1, 0.15) is 80.4 Å². The maximum Gasteiger partial charge on any atom is 0.254 e. The molecule has 1 aromatic rings. The molecule has 0 atom stereocenters. The molecular formula is C17H25NO. The van der Waals surface area contributed by atoms with Gasteiger partial charge in [0, 0.05) is 18.2 Å². The van der Waals surface area contributed by atoms with E-state index in [1.165, 1.54) is 16.7 Å². The zero-order valence-electron chi connectivity index (χ0n) is 12.9. The van der Waals surface area contributed by atoms with Gasteiger partial charge >= 0.3 is 0 Å².